The van der Waals surface area contributed by atoms with Gasteiger partial charge in [-0.1, -0.05) is 30.3 Å². The Labute approximate surface area is 150 Å². The number of fused-ring (bicyclic) bond motifs is 1. The molecular formula is C21H27N3O. The highest BCUT2D eigenvalue weighted by atomic mass is 16.5. The Kier molecular flexibility index (Phi) is 5.02. The van der Waals surface area contributed by atoms with Crippen molar-refractivity contribution in [3.63, 3.8) is 0 Å². The Morgan fingerprint density at radius 1 is 0.840 bits per heavy atom. The van der Waals surface area contributed by atoms with E-state index in [1.165, 1.54) is 44.8 Å². The molecule has 0 unspecified atom stereocenters. The van der Waals surface area contributed by atoms with E-state index in [2.05, 4.69) is 46.0 Å². The number of benzene rings is 2. The van der Waals surface area contributed by atoms with Gasteiger partial charge in [-0.15, -0.1) is 0 Å². The molecule has 2 aliphatic rings. The van der Waals surface area contributed by atoms with Crippen LogP contribution >= 0.6 is 0 Å². The van der Waals surface area contributed by atoms with Crippen molar-refractivity contribution >= 4 is 0 Å². The van der Waals surface area contributed by atoms with Gasteiger partial charge in [0, 0.05) is 51.9 Å². The van der Waals surface area contributed by atoms with Gasteiger partial charge < -0.3 is 9.64 Å². The number of hydrogen-bond acceptors (Lipinski definition) is 4. The third-order valence-electron chi connectivity index (χ3n) is 5.29. The third-order valence-corrected chi connectivity index (χ3v) is 5.29. The zero-order valence-corrected chi connectivity index (χ0v) is 15.0. The van der Waals surface area contributed by atoms with E-state index in [1.54, 1.807) is 0 Å². The fourth-order valence-corrected chi connectivity index (χ4v) is 3.86. The lowest BCUT2D eigenvalue weighted by molar-refractivity contribution is 0.0175. The van der Waals surface area contributed by atoms with E-state index < -0.39 is 0 Å². The van der Waals surface area contributed by atoms with Crippen molar-refractivity contribution in [2.75, 3.05) is 46.3 Å². The molecular weight excluding hydrogens is 310 g/mol. The van der Waals surface area contributed by atoms with E-state index in [9.17, 15) is 0 Å². The lowest BCUT2D eigenvalue weighted by atomic mass is 10.1. The smallest absolute Gasteiger partial charge is 0.127 e. The largest absolute Gasteiger partial charge is 0.457 e. The molecule has 0 bridgehead atoms. The molecule has 2 aliphatic heterocycles. The molecule has 132 valence electrons. The van der Waals surface area contributed by atoms with Gasteiger partial charge in [-0.3, -0.25) is 9.80 Å². The summed E-state index contributed by atoms with van der Waals surface area (Å²) in [4.78, 5) is 7.71. The van der Waals surface area contributed by atoms with Crippen LogP contribution in [0.15, 0.2) is 54.6 Å². The summed E-state index contributed by atoms with van der Waals surface area (Å²) >= 11 is 0. The quantitative estimate of drug-likeness (QED) is 0.854. The predicted molar refractivity (Wildman–Crippen MR) is 101 cm³/mol. The maximum Gasteiger partial charge on any atom is 0.127 e. The number of nitrogens with zero attached hydrogens (tertiary/aromatic N) is 3. The molecule has 1 atom stereocenters. The monoisotopic (exact) mass is 337 g/mol. The molecule has 2 heterocycles. The Bertz CT molecular complexity index is 673. The molecule has 0 N–H and O–H groups in total. The first-order valence-electron chi connectivity index (χ1n) is 9.23. The molecule has 4 nitrogen and oxygen atoms in total. The van der Waals surface area contributed by atoms with Crippen molar-refractivity contribution in [3.05, 3.63) is 60.2 Å². The van der Waals surface area contributed by atoms with E-state index in [0.717, 1.165) is 18.0 Å². The van der Waals surface area contributed by atoms with E-state index in [4.69, 9.17) is 4.74 Å². The molecule has 0 radical (unpaired) electrons. The average Bonchev–Trinajstić information content (AvgIpc) is 2.64. The van der Waals surface area contributed by atoms with Gasteiger partial charge in [0.2, 0.25) is 0 Å². The second-order valence-corrected chi connectivity index (χ2v) is 7.25. The van der Waals surface area contributed by atoms with Gasteiger partial charge in [0.15, 0.2) is 0 Å². The highest BCUT2D eigenvalue weighted by molar-refractivity contribution is 5.32. The minimum Gasteiger partial charge on any atom is -0.457 e. The molecule has 2 aromatic rings. The van der Waals surface area contributed by atoms with E-state index in [-0.39, 0.29) is 0 Å². The zero-order chi connectivity index (χ0) is 17.1. The van der Waals surface area contributed by atoms with Gasteiger partial charge in [-0.05, 0) is 36.9 Å². The number of hydrogen-bond donors (Lipinski definition) is 0. The van der Waals surface area contributed by atoms with Crippen molar-refractivity contribution in [2.24, 2.45) is 0 Å². The Hall–Kier alpha value is -1.88. The molecule has 2 saturated heterocycles. The first-order valence-corrected chi connectivity index (χ1v) is 9.23. The summed E-state index contributed by atoms with van der Waals surface area (Å²) in [5, 5.41) is 0. The first-order chi connectivity index (χ1) is 12.3. The summed E-state index contributed by atoms with van der Waals surface area (Å²) in [6.07, 6.45) is 0. The number of piperazine rings is 2. The molecule has 4 heteroatoms. The topological polar surface area (TPSA) is 19.0 Å². The van der Waals surface area contributed by atoms with Crippen molar-refractivity contribution in [3.8, 4) is 11.5 Å². The highest BCUT2D eigenvalue weighted by Gasteiger charge is 2.30. The fraction of sp³-hybridized carbons (Fsp3) is 0.429. The summed E-state index contributed by atoms with van der Waals surface area (Å²) in [5.41, 5.74) is 1.36. The minimum atomic E-state index is 0.688. The van der Waals surface area contributed by atoms with Crippen LogP contribution in [0.5, 0.6) is 11.5 Å². The molecule has 4 rings (SSSR count). The van der Waals surface area contributed by atoms with Crippen LogP contribution in [0.3, 0.4) is 0 Å². The first kappa shape index (κ1) is 16.6. The van der Waals surface area contributed by atoms with E-state index in [1.807, 2.05) is 30.3 Å². The number of para-hydroxylation sites is 1. The molecule has 25 heavy (non-hydrogen) atoms. The van der Waals surface area contributed by atoms with Gasteiger partial charge in [0.05, 0.1) is 0 Å². The second-order valence-electron chi connectivity index (χ2n) is 7.25. The molecule has 0 aliphatic carbocycles. The summed E-state index contributed by atoms with van der Waals surface area (Å²) < 4.78 is 5.88. The van der Waals surface area contributed by atoms with Gasteiger partial charge in [-0.2, -0.15) is 0 Å². The average molecular weight is 337 g/mol. The Balaban J connectivity index is 1.33. The summed E-state index contributed by atoms with van der Waals surface area (Å²) in [6.45, 7) is 8.20. The molecule has 0 amide bonds. The molecule has 0 aromatic heterocycles. The van der Waals surface area contributed by atoms with Crippen molar-refractivity contribution < 1.29 is 4.74 Å². The Morgan fingerprint density at radius 3 is 2.36 bits per heavy atom. The van der Waals surface area contributed by atoms with Gasteiger partial charge in [-0.25, -0.2) is 0 Å². The number of ether oxygens (including phenoxy) is 1. The predicted octanol–water partition coefficient (Wildman–Crippen LogP) is 2.91. The summed E-state index contributed by atoms with van der Waals surface area (Å²) in [7, 11) is 2.24. The van der Waals surface area contributed by atoms with E-state index in [0.29, 0.717) is 6.04 Å². The highest BCUT2D eigenvalue weighted by Crippen LogP contribution is 2.22. The van der Waals surface area contributed by atoms with Crippen LogP contribution in [0.1, 0.15) is 5.56 Å². The lowest BCUT2D eigenvalue weighted by Gasteiger charge is -2.46. The SMILES string of the molecule is CN1CCN2CCN(Cc3ccc(Oc4ccccc4)cc3)C[C@@H]2C1. The van der Waals surface area contributed by atoms with Crippen molar-refractivity contribution in [1.29, 1.82) is 0 Å². The van der Waals surface area contributed by atoms with Crippen molar-refractivity contribution in [2.45, 2.75) is 12.6 Å². The minimum absolute atomic E-state index is 0.688. The van der Waals surface area contributed by atoms with Crippen molar-refractivity contribution in [1.82, 2.24) is 14.7 Å². The molecule has 2 fully saturated rings. The van der Waals surface area contributed by atoms with E-state index >= 15 is 0 Å². The van der Waals surface area contributed by atoms with Crippen LogP contribution in [0.2, 0.25) is 0 Å². The second kappa shape index (κ2) is 7.56. The number of rotatable bonds is 4. The molecule has 0 spiro atoms. The molecule has 0 saturated carbocycles. The molecule has 2 aromatic carbocycles. The van der Waals surface area contributed by atoms with Crippen LogP contribution in [0, 0.1) is 0 Å². The van der Waals surface area contributed by atoms with Crippen LogP contribution < -0.4 is 4.74 Å². The summed E-state index contributed by atoms with van der Waals surface area (Å²) in [6, 6.07) is 19.2. The maximum atomic E-state index is 5.88. The van der Waals surface area contributed by atoms with Crippen LogP contribution in [-0.2, 0) is 6.54 Å². The summed E-state index contributed by atoms with van der Waals surface area (Å²) in [5.74, 6) is 1.78. The third kappa shape index (κ3) is 4.21. The standard InChI is InChI=1S/C21H27N3O/c1-22-11-13-24-14-12-23(17-19(24)16-22)15-18-7-9-21(10-8-18)25-20-5-3-2-4-6-20/h2-10,19H,11-17H2,1H3/t19-/m0/s1. The number of likely N-dealkylation sites (N-methyl/N-ethyl adjacent to an activating group) is 1. The van der Waals surface area contributed by atoms with Gasteiger partial charge in [0.25, 0.3) is 0 Å². The maximum absolute atomic E-state index is 5.88. The van der Waals surface area contributed by atoms with Gasteiger partial charge in [0.1, 0.15) is 11.5 Å². The normalized spacial score (nSPS) is 22.5. The van der Waals surface area contributed by atoms with Gasteiger partial charge >= 0.3 is 0 Å². The Morgan fingerprint density at radius 2 is 1.56 bits per heavy atom. The van der Waals surface area contributed by atoms with Crippen LogP contribution in [-0.4, -0.2) is 67.1 Å². The fourth-order valence-electron chi connectivity index (χ4n) is 3.86. The zero-order valence-electron chi connectivity index (χ0n) is 15.0. The lowest BCUT2D eigenvalue weighted by Crippen LogP contribution is -2.60. The van der Waals surface area contributed by atoms with Crippen LogP contribution in [0.25, 0.3) is 0 Å². The van der Waals surface area contributed by atoms with Crippen LogP contribution in [0.4, 0.5) is 0 Å².